The summed E-state index contributed by atoms with van der Waals surface area (Å²) in [5.74, 6) is -0.453. The van der Waals surface area contributed by atoms with Crippen molar-refractivity contribution in [2.75, 3.05) is 5.73 Å². The van der Waals surface area contributed by atoms with Gasteiger partial charge in [-0.1, -0.05) is 40.9 Å². The molecule has 0 aliphatic rings. The van der Waals surface area contributed by atoms with E-state index in [1.54, 1.807) is 6.07 Å². The molecule has 0 bridgehead atoms. The predicted molar refractivity (Wildman–Crippen MR) is 108 cm³/mol. The van der Waals surface area contributed by atoms with E-state index in [1.807, 2.05) is 18.2 Å². The summed E-state index contributed by atoms with van der Waals surface area (Å²) in [6.45, 7) is 0. The Bertz CT molecular complexity index is 1220. The fraction of sp³-hybridized carbons (Fsp3) is 0.158. The first kappa shape index (κ1) is 20.2. The Labute approximate surface area is 176 Å². The third-order valence-corrected chi connectivity index (χ3v) is 5.83. The zero-order valence-electron chi connectivity index (χ0n) is 15.1. The number of Topliss-reactive ketones (excluding diaryl/α,β-unsaturated/α-hetero) is 1. The number of nitrogens with zero attached hydrogens (tertiary/aromatic N) is 3. The highest BCUT2D eigenvalue weighted by Gasteiger charge is 2.32. The van der Waals surface area contributed by atoms with Gasteiger partial charge in [-0.25, -0.2) is 4.98 Å². The number of aromatic nitrogens is 3. The van der Waals surface area contributed by atoms with Crippen LogP contribution >= 0.6 is 22.7 Å². The molecule has 30 heavy (non-hydrogen) atoms. The van der Waals surface area contributed by atoms with E-state index < -0.39 is 6.36 Å². The number of anilines is 1. The fourth-order valence-electron chi connectivity index (χ4n) is 2.85. The van der Waals surface area contributed by atoms with Crippen LogP contribution in [0.5, 0.6) is 5.75 Å². The van der Waals surface area contributed by atoms with Crippen molar-refractivity contribution in [3.63, 3.8) is 0 Å². The number of carbonyl (C=O) groups excluding carboxylic acids is 1. The number of fused-ring (bicyclic) bond motifs is 1. The number of rotatable bonds is 6. The van der Waals surface area contributed by atoms with Crippen LogP contribution in [0.15, 0.2) is 42.5 Å². The Hall–Kier alpha value is -3.05. The van der Waals surface area contributed by atoms with Crippen molar-refractivity contribution in [3.8, 4) is 16.3 Å². The molecule has 0 fully saturated rings. The average Bonchev–Trinajstić information content (AvgIpc) is 3.26. The molecule has 0 aliphatic heterocycles. The van der Waals surface area contributed by atoms with Crippen molar-refractivity contribution in [2.24, 2.45) is 0 Å². The third kappa shape index (κ3) is 4.74. The van der Waals surface area contributed by atoms with Gasteiger partial charge in [-0.15, -0.1) is 23.4 Å². The van der Waals surface area contributed by atoms with Gasteiger partial charge in [0, 0.05) is 6.42 Å². The number of halogens is 3. The van der Waals surface area contributed by atoms with Gasteiger partial charge < -0.3 is 10.5 Å². The SMILES string of the molecule is Nc1nc2ccc(CC(=O)Cc3nnc(-c4ccccc4OC(F)(F)F)s3)cc2s1. The number of hydrogen-bond acceptors (Lipinski definition) is 8. The highest BCUT2D eigenvalue weighted by Crippen LogP contribution is 2.35. The fourth-order valence-corrected chi connectivity index (χ4v) is 4.54. The lowest BCUT2D eigenvalue weighted by molar-refractivity contribution is -0.274. The molecule has 0 radical (unpaired) electrons. The van der Waals surface area contributed by atoms with Crippen molar-refractivity contribution in [3.05, 3.63) is 53.0 Å². The number of thiazole rings is 1. The van der Waals surface area contributed by atoms with Crippen LogP contribution in [0.4, 0.5) is 18.3 Å². The maximum Gasteiger partial charge on any atom is 0.573 e. The first-order chi connectivity index (χ1) is 14.3. The molecular formula is C19H13F3N4O2S2. The standard InChI is InChI=1S/C19H13F3N4O2S2/c20-19(21,22)28-14-4-2-1-3-12(14)17-26-25-16(30-17)9-11(27)7-10-5-6-13-15(8-10)29-18(23)24-13/h1-6,8H,7,9H2,(H2,23,24). The topological polar surface area (TPSA) is 91.0 Å². The van der Waals surface area contributed by atoms with Gasteiger partial charge in [0.2, 0.25) is 0 Å². The Morgan fingerprint density at radius 1 is 1.07 bits per heavy atom. The van der Waals surface area contributed by atoms with E-state index in [-0.39, 0.29) is 34.9 Å². The van der Waals surface area contributed by atoms with E-state index in [2.05, 4.69) is 19.9 Å². The number of alkyl halides is 3. The van der Waals surface area contributed by atoms with Crippen LogP contribution in [0.3, 0.4) is 0 Å². The molecule has 0 atom stereocenters. The van der Waals surface area contributed by atoms with Crippen LogP contribution in [0.2, 0.25) is 0 Å². The molecule has 2 aromatic carbocycles. The minimum Gasteiger partial charge on any atom is -0.405 e. The van der Waals surface area contributed by atoms with Crippen molar-refractivity contribution >= 4 is 43.8 Å². The third-order valence-electron chi connectivity index (χ3n) is 4.03. The van der Waals surface area contributed by atoms with Crippen LogP contribution in [0.1, 0.15) is 10.6 Å². The summed E-state index contributed by atoms with van der Waals surface area (Å²) in [6, 6.07) is 11.2. The Morgan fingerprint density at radius 2 is 1.87 bits per heavy atom. The molecule has 0 aliphatic carbocycles. The van der Waals surface area contributed by atoms with E-state index in [4.69, 9.17) is 5.73 Å². The van der Waals surface area contributed by atoms with E-state index >= 15 is 0 Å². The molecule has 6 nitrogen and oxygen atoms in total. The lowest BCUT2D eigenvalue weighted by Crippen LogP contribution is -2.17. The van der Waals surface area contributed by atoms with Crippen molar-refractivity contribution in [1.82, 2.24) is 15.2 Å². The van der Waals surface area contributed by atoms with Gasteiger partial charge in [-0.3, -0.25) is 4.79 Å². The second-order valence-corrected chi connectivity index (χ2v) is 8.42. The van der Waals surface area contributed by atoms with Gasteiger partial charge in [0.1, 0.15) is 16.5 Å². The van der Waals surface area contributed by atoms with E-state index in [9.17, 15) is 18.0 Å². The minimum absolute atomic E-state index is 0.0306. The smallest absolute Gasteiger partial charge is 0.405 e. The van der Waals surface area contributed by atoms with Crippen molar-refractivity contribution < 1.29 is 22.7 Å². The summed E-state index contributed by atoms with van der Waals surface area (Å²) in [7, 11) is 0. The van der Waals surface area contributed by atoms with E-state index in [0.717, 1.165) is 27.1 Å². The summed E-state index contributed by atoms with van der Waals surface area (Å²) >= 11 is 2.40. The molecule has 2 N–H and O–H groups in total. The van der Waals surface area contributed by atoms with Crippen LogP contribution in [-0.2, 0) is 17.6 Å². The molecule has 154 valence electrons. The molecule has 0 unspecified atom stereocenters. The lowest BCUT2D eigenvalue weighted by atomic mass is 10.1. The predicted octanol–water partition coefficient (Wildman–Crippen LogP) is 4.65. The molecule has 2 aromatic heterocycles. The second kappa shape index (κ2) is 8.00. The lowest BCUT2D eigenvalue weighted by Gasteiger charge is -2.11. The van der Waals surface area contributed by atoms with Gasteiger partial charge >= 0.3 is 6.36 Å². The van der Waals surface area contributed by atoms with Gasteiger partial charge in [0.05, 0.1) is 22.2 Å². The summed E-state index contributed by atoms with van der Waals surface area (Å²) in [6.07, 6.45) is -4.59. The largest absolute Gasteiger partial charge is 0.573 e. The molecule has 4 aromatic rings. The van der Waals surface area contributed by atoms with E-state index in [1.165, 1.54) is 29.5 Å². The first-order valence-electron chi connectivity index (χ1n) is 8.61. The van der Waals surface area contributed by atoms with Gasteiger partial charge in [0.15, 0.2) is 10.1 Å². The first-order valence-corrected chi connectivity index (χ1v) is 10.2. The van der Waals surface area contributed by atoms with E-state index in [0.29, 0.717) is 10.1 Å². The molecule has 0 saturated heterocycles. The van der Waals surface area contributed by atoms with Gasteiger partial charge in [-0.05, 0) is 29.8 Å². The zero-order chi connectivity index (χ0) is 21.3. The van der Waals surface area contributed by atoms with Gasteiger partial charge in [0.25, 0.3) is 0 Å². The number of hydrogen-bond donors (Lipinski definition) is 1. The molecule has 0 spiro atoms. The highest BCUT2D eigenvalue weighted by molar-refractivity contribution is 7.22. The number of ether oxygens (including phenoxy) is 1. The monoisotopic (exact) mass is 450 g/mol. The number of nitrogen functional groups attached to an aromatic ring is 1. The number of para-hydroxylation sites is 1. The van der Waals surface area contributed by atoms with Crippen LogP contribution in [0.25, 0.3) is 20.8 Å². The molecule has 0 amide bonds. The number of nitrogens with two attached hydrogens (primary N) is 1. The number of benzene rings is 2. The molecule has 11 heteroatoms. The quantitative estimate of drug-likeness (QED) is 0.460. The summed E-state index contributed by atoms with van der Waals surface area (Å²) in [4.78, 5) is 16.6. The van der Waals surface area contributed by atoms with Crippen molar-refractivity contribution in [1.29, 1.82) is 0 Å². The summed E-state index contributed by atoms with van der Waals surface area (Å²) in [5.41, 5.74) is 7.46. The molecule has 4 rings (SSSR count). The van der Waals surface area contributed by atoms with Crippen LogP contribution in [0, 0.1) is 0 Å². The highest BCUT2D eigenvalue weighted by atomic mass is 32.1. The zero-order valence-corrected chi connectivity index (χ0v) is 16.8. The Kier molecular flexibility index (Phi) is 5.39. The van der Waals surface area contributed by atoms with Crippen LogP contribution in [-0.4, -0.2) is 27.3 Å². The normalized spacial score (nSPS) is 11.7. The molecule has 2 heterocycles. The summed E-state index contributed by atoms with van der Waals surface area (Å²) < 4.78 is 42.8. The Balaban J connectivity index is 1.47. The molecular weight excluding hydrogens is 437 g/mol. The summed E-state index contributed by atoms with van der Waals surface area (Å²) in [5, 5.41) is 9.01. The maximum absolute atomic E-state index is 12.6. The maximum atomic E-state index is 12.6. The Morgan fingerprint density at radius 3 is 2.67 bits per heavy atom. The average molecular weight is 450 g/mol. The minimum atomic E-state index is -4.82. The van der Waals surface area contributed by atoms with Gasteiger partial charge in [-0.2, -0.15) is 0 Å². The van der Waals surface area contributed by atoms with Crippen molar-refractivity contribution in [2.45, 2.75) is 19.2 Å². The molecule has 0 saturated carbocycles. The van der Waals surface area contributed by atoms with Crippen LogP contribution < -0.4 is 10.5 Å². The number of carbonyl (C=O) groups is 1. The number of ketones is 1. The second-order valence-electron chi connectivity index (χ2n) is 6.29.